The third-order valence-electron chi connectivity index (χ3n) is 7.95. The molecular formula is C32H52O6Si6. The third kappa shape index (κ3) is 9.73. The second-order valence-electron chi connectivity index (χ2n) is 12.5. The Morgan fingerprint density at radius 2 is 1.00 bits per heavy atom. The lowest BCUT2D eigenvalue weighted by Gasteiger charge is -2.48. The van der Waals surface area contributed by atoms with Crippen molar-refractivity contribution in [2.75, 3.05) is 13.2 Å². The van der Waals surface area contributed by atoms with Crippen LogP contribution >= 0.6 is 0 Å². The summed E-state index contributed by atoms with van der Waals surface area (Å²) >= 11 is 0. The van der Waals surface area contributed by atoms with Crippen molar-refractivity contribution in [3.8, 4) is 0 Å². The maximum absolute atomic E-state index is 6.97. The quantitative estimate of drug-likeness (QED) is 0.139. The van der Waals surface area contributed by atoms with E-state index in [1.54, 1.807) is 0 Å². The Kier molecular flexibility index (Phi) is 12.9. The summed E-state index contributed by atoms with van der Waals surface area (Å²) in [4.78, 5) is 0. The molecule has 1 saturated heterocycles. The van der Waals surface area contributed by atoms with Crippen molar-refractivity contribution in [1.29, 1.82) is 0 Å². The summed E-state index contributed by atoms with van der Waals surface area (Å²) in [5.74, 6) is 0. The third-order valence-corrected chi connectivity index (χ3v) is 30.9. The molecule has 1 heterocycles. The predicted octanol–water partition coefficient (Wildman–Crippen LogP) is 7.03. The van der Waals surface area contributed by atoms with E-state index in [0.717, 1.165) is 24.9 Å². The van der Waals surface area contributed by atoms with Crippen LogP contribution < -0.4 is 10.4 Å². The Morgan fingerprint density at radius 1 is 0.614 bits per heavy atom. The average Bonchev–Trinajstić information content (AvgIpc) is 2.99. The molecule has 12 heteroatoms. The highest BCUT2D eigenvalue weighted by Crippen LogP contribution is 2.36. The fraction of sp³-hybridized carbons (Fsp3) is 0.375. The molecule has 6 nitrogen and oxygen atoms in total. The lowest BCUT2D eigenvalue weighted by molar-refractivity contribution is 0.228. The van der Waals surface area contributed by atoms with Crippen LogP contribution in [-0.4, -0.2) is 64.1 Å². The standard InChI is InChI=1S/C32H52O6Si6/c1-11-39(5,6)33-27-21-29-42(9)35-40(7,12-2)37-43(10,38-41(8,13-3)36-42)30-22-28-34-44(14-4,31-23-17-15-18-24-31)32-25-19-16-20-26-32/h11-20,23-26H,1-4,21-22,27-30H2,5-10H3. The number of rotatable bonds is 16. The van der Waals surface area contributed by atoms with Crippen molar-refractivity contribution in [2.24, 2.45) is 0 Å². The van der Waals surface area contributed by atoms with Crippen molar-refractivity contribution in [2.45, 2.75) is 64.2 Å². The molecule has 2 aromatic carbocycles. The topological polar surface area (TPSA) is 55.4 Å². The molecule has 0 amide bonds. The molecule has 240 valence electrons. The lowest BCUT2D eigenvalue weighted by Crippen LogP contribution is -2.66. The van der Waals surface area contributed by atoms with Crippen LogP contribution in [0.2, 0.25) is 51.4 Å². The van der Waals surface area contributed by atoms with E-state index < -0.39 is 50.9 Å². The molecular weight excluding hydrogens is 649 g/mol. The van der Waals surface area contributed by atoms with Crippen LogP contribution in [0, 0.1) is 0 Å². The van der Waals surface area contributed by atoms with Gasteiger partial charge in [-0.25, -0.2) is 0 Å². The number of hydrogen-bond acceptors (Lipinski definition) is 6. The van der Waals surface area contributed by atoms with Gasteiger partial charge in [0.15, 0.2) is 0 Å². The van der Waals surface area contributed by atoms with Crippen LogP contribution in [0.4, 0.5) is 0 Å². The van der Waals surface area contributed by atoms with Crippen molar-refractivity contribution < 1.29 is 25.3 Å². The van der Waals surface area contributed by atoms with Crippen LogP contribution in [0.15, 0.2) is 110 Å². The van der Waals surface area contributed by atoms with Crippen LogP contribution in [0.3, 0.4) is 0 Å². The van der Waals surface area contributed by atoms with Crippen molar-refractivity contribution in [1.82, 2.24) is 0 Å². The van der Waals surface area contributed by atoms with Gasteiger partial charge in [0.1, 0.15) is 0 Å². The largest absolute Gasteiger partial charge is 0.414 e. The Balaban J connectivity index is 1.76. The summed E-state index contributed by atoms with van der Waals surface area (Å²) < 4.78 is 40.8. The molecule has 0 bridgehead atoms. The minimum absolute atomic E-state index is 0.550. The molecule has 0 saturated carbocycles. The smallest absolute Gasteiger partial charge is 0.343 e. The SMILES string of the molecule is C=C[Si](C)(C)OCCC[Si]1(C)O[Si](C)(C=C)O[Si](C)(CCCO[Si](C=C)(c2ccccc2)c2ccccc2)O[Si](C)(C=C)O1. The summed E-state index contributed by atoms with van der Waals surface area (Å²) in [6, 6.07) is 22.4. The molecule has 2 aromatic rings. The summed E-state index contributed by atoms with van der Waals surface area (Å²) in [5, 5.41) is 2.35. The van der Waals surface area contributed by atoms with Gasteiger partial charge in [0.2, 0.25) is 8.32 Å². The molecule has 1 aliphatic heterocycles. The lowest BCUT2D eigenvalue weighted by atomic mass is 10.4. The molecule has 2 atom stereocenters. The minimum Gasteiger partial charge on any atom is -0.414 e. The van der Waals surface area contributed by atoms with Crippen LogP contribution in [0.1, 0.15) is 12.8 Å². The normalized spacial score (nSPS) is 28.0. The van der Waals surface area contributed by atoms with Gasteiger partial charge < -0.3 is 25.3 Å². The molecule has 0 aromatic heterocycles. The second kappa shape index (κ2) is 15.4. The van der Waals surface area contributed by atoms with Crippen LogP contribution in [-0.2, 0) is 25.3 Å². The van der Waals surface area contributed by atoms with Gasteiger partial charge in [0.05, 0.1) is 0 Å². The Morgan fingerprint density at radius 3 is 1.34 bits per heavy atom. The molecule has 0 aliphatic carbocycles. The van der Waals surface area contributed by atoms with Gasteiger partial charge in [-0.3, -0.25) is 0 Å². The van der Waals surface area contributed by atoms with E-state index >= 15 is 0 Å². The van der Waals surface area contributed by atoms with Gasteiger partial charge in [-0.2, -0.15) is 0 Å². The molecule has 2 unspecified atom stereocenters. The van der Waals surface area contributed by atoms with E-state index in [-0.39, 0.29) is 0 Å². The molecule has 44 heavy (non-hydrogen) atoms. The maximum Gasteiger partial charge on any atom is 0.343 e. The Labute approximate surface area is 272 Å². The first kappa shape index (κ1) is 36.9. The van der Waals surface area contributed by atoms with Gasteiger partial charge in [0, 0.05) is 13.2 Å². The van der Waals surface area contributed by atoms with Gasteiger partial charge in [-0.1, -0.05) is 83.5 Å². The average molecular weight is 701 g/mol. The summed E-state index contributed by atoms with van der Waals surface area (Å²) in [7, 11) is -15.6. The zero-order valence-electron chi connectivity index (χ0n) is 27.6. The van der Waals surface area contributed by atoms with Crippen molar-refractivity contribution >= 4 is 61.3 Å². The number of hydrogen-bond donors (Lipinski definition) is 0. The fourth-order valence-corrected chi connectivity index (χ4v) is 29.9. The molecule has 0 radical (unpaired) electrons. The van der Waals surface area contributed by atoms with Crippen molar-refractivity contribution in [3.63, 3.8) is 0 Å². The zero-order valence-corrected chi connectivity index (χ0v) is 33.6. The van der Waals surface area contributed by atoms with E-state index in [4.69, 9.17) is 25.3 Å². The van der Waals surface area contributed by atoms with E-state index in [1.807, 2.05) is 34.9 Å². The Hall–Kier alpha value is -1.54. The molecule has 3 rings (SSSR count). The fourth-order valence-electron chi connectivity index (χ4n) is 5.58. The second-order valence-corrected chi connectivity index (χ2v) is 33.4. The van der Waals surface area contributed by atoms with Gasteiger partial charge in [-0.15, -0.1) is 26.3 Å². The predicted molar refractivity (Wildman–Crippen MR) is 198 cm³/mol. The van der Waals surface area contributed by atoms with Gasteiger partial charge >= 0.3 is 34.2 Å². The minimum atomic E-state index is -2.82. The van der Waals surface area contributed by atoms with E-state index in [2.05, 4.69) is 114 Å². The van der Waals surface area contributed by atoms with E-state index in [0.29, 0.717) is 13.2 Å². The maximum atomic E-state index is 6.97. The first-order valence-corrected chi connectivity index (χ1v) is 30.2. The first-order valence-electron chi connectivity index (χ1n) is 15.4. The summed E-state index contributed by atoms with van der Waals surface area (Å²) in [6.07, 6.45) is 1.60. The summed E-state index contributed by atoms with van der Waals surface area (Å²) in [6.45, 7) is 30.3. The zero-order chi connectivity index (χ0) is 32.5. The highest BCUT2D eigenvalue weighted by molar-refractivity contribution is 7.01. The molecule has 1 aliphatic rings. The van der Waals surface area contributed by atoms with E-state index in [9.17, 15) is 0 Å². The van der Waals surface area contributed by atoms with Crippen LogP contribution in [0.5, 0.6) is 0 Å². The van der Waals surface area contributed by atoms with Gasteiger partial charge in [-0.05, 0) is 74.6 Å². The highest BCUT2D eigenvalue weighted by atomic mass is 28.5. The first-order chi connectivity index (χ1) is 20.7. The summed E-state index contributed by atoms with van der Waals surface area (Å²) in [5.41, 5.74) is 7.73. The monoisotopic (exact) mass is 700 g/mol. The molecule has 0 N–H and O–H groups in total. The van der Waals surface area contributed by atoms with Crippen LogP contribution in [0.25, 0.3) is 0 Å². The van der Waals surface area contributed by atoms with Crippen molar-refractivity contribution in [3.05, 3.63) is 110 Å². The highest BCUT2D eigenvalue weighted by Gasteiger charge is 2.55. The van der Waals surface area contributed by atoms with E-state index in [1.165, 1.54) is 10.4 Å². The molecule has 0 spiro atoms. The number of benzene rings is 2. The molecule has 1 fully saturated rings. The van der Waals surface area contributed by atoms with Gasteiger partial charge in [0.25, 0.3) is 8.32 Å². The Bertz CT molecular complexity index is 1200.